The summed E-state index contributed by atoms with van der Waals surface area (Å²) < 4.78 is 42.0. The summed E-state index contributed by atoms with van der Waals surface area (Å²) in [5.41, 5.74) is 14.1. The largest absolute Gasteiger partial charge is 0.550 e. The zero-order valence-electron chi connectivity index (χ0n) is 29.1. The first-order valence-electron chi connectivity index (χ1n) is 17.3. The highest BCUT2D eigenvalue weighted by Gasteiger charge is 2.59. The second kappa shape index (κ2) is 13.6. The summed E-state index contributed by atoms with van der Waals surface area (Å²) in [5, 5.41) is 45.7. The van der Waals surface area contributed by atoms with Crippen molar-refractivity contribution in [2.45, 2.75) is 73.9 Å². The van der Waals surface area contributed by atoms with Crippen LogP contribution in [0.5, 0.6) is 28.7 Å². The number of benzene rings is 2. The quantitative estimate of drug-likeness (QED) is 0.0655. The van der Waals surface area contributed by atoms with E-state index < -0.39 is 73.4 Å². The third kappa shape index (κ3) is 5.83. The van der Waals surface area contributed by atoms with Gasteiger partial charge in [0.25, 0.3) is 0 Å². The number of hydrogen-bond acceptors (Lipinski definition) is 16. The van der Waals surface area contributed by atoms with Crippen molar-refractivity contribution in [2.75, 3.05) is 27.4 Å². The second-order valence-corrected chi connectivity index (χ2v) is 13.8. The number of carboxylic acid groups (broad SMARTS) is 1. The summed E-state index contributed by atoms with van der Waals surface area (Å²) in [6.07, 6.45) is -6.97. The number of nitrogens with zero attached hydrogens (tertiary/aromatic N) is 1. The SMILES string of the molecule is COc1ccc2c(c1OC)OC1c3c(cc4c(c3C[NH+]3C=C5C=CN=C5C3)C#CCC3(O)C(O)C(O)C(O4)OC3C(OC(=O)CC(=O)[O-])C(N)N)OCC21. The lowest BCUT2D eigenvalue weighted by Gasteiger charge is -2.50. The van der Waals surface area contributed by atoms with Gasteiger partial charge in [0.2, 0.25) is 12.0 Å². The van der Waals surface area contributed by atoms with E-state index in [4.69, 9.17) is 44.6 Å². The van der Waals surface area contributed by atoms with Gasteiger partial charge in [0.1, 0.15) is 66.5 Å². The molecule has 54 heavy (non-hydrogen) atoms. The van der Waals surface area contributed by atoms with Crippen molar-refractivity contribution >= 4 is 17.7 Å². The minimum atomic E-state index is -2.44. The van der Waals surface area contributed by atoms with Crippen LogP contribution >= 0.6 is 0 Å². The zero-order valence-corrected chi connectivity index (χ0v) is 29.1. The molecule has 0 aromatic heterocycles. The van der Waals surface area contributed by atoms with Crippen LogP contribution in [0.4, 0.5) is 0 Å². The molecule has 1 saturated heterocycles. The molecule has 7 aliphatic heterocycles. The maximum atomic E-state index is 12.4. The summed E-state index contributed by atoms with van der Waals surface area (Å²) in [4.78, 5) is 29.0. The van der Waals surface area contributed by atoms with E-state index >= 15 is 0 Å². The van der Waals surface area contributed by atoms with E-state index in [9.17, 15) is 30.0 Å². The molecule has 2 bridgehead atoms. The van der Waals surface area contributed by atoms with Crippen LogP contribution in [-0.2, 0) is 25.6 Å². The molecule has 7 aliphatic rings. The molecule has 2 aromatic carbocycles. The van der Waals surface area contributed by atoms with Gasteiger partial charge in [-0.2, -0.15) is 0 Å². The lowest BCUT2D eigenvalue weighted by Crippen LogP contribution is -3.05. The molecule has 0 radical (unpaired) electrons. The number of carbonyl (C=O) groups is 2. The molecule has 17 heteroatoms. The van der Waals surface area contributed by atoms with E-state index in [-0.39, 0.29) is 18.3 Å². The summed E-state index contributed by atoms with van der Waals surface area (Å²) in [5.74, 6) is 4.87. The predicted octanol–water partition coefficient (Wildman–Crippen LogP) is -2.83. The van der Waals surface area contributed by atoms with Crippen LogP contribution in [0.25, 0.3) is 0 Å². The fourth-order valence-electron chi connectivity index (χ4n) is 8.02. The number of nitrogens with one attached hydrogen (secondary N) is 1. The minimum absolute atomic E-state index is 0.123. The predicted molar refractivity (Wildman–Crippen MR) is 181 cm³/mol. The fourth-order valence-corrected chi connectivity index (χ4v) is 8.02. The van der Waals surface area contributed by atoms with E-state index in [1.165, 1.54) is 0 Å². The highest BCUT2D eigenvalue weighted by atomic mass is 16.7. The van der Waals surface area contributed by atoms with Crippen LogP contribution in [0.1, 0.15) is 47.1 Å². The highest BCUT2D eigenvalue weighted by molar-refractivity contribution is 6.06. The highest BCUT2D eigenvalue weighted by Crippen LogP contribution is 2.57. The first kappa shape index (κ1) is 35.8. The number of aliphatic imine (C=N–C) groups is 1. The Bertz CT molecular complexity index is 2070. The number of methoxy groups -OCH3 is 2. The van der Waals surface area contributed by atoms with Gasteiger partial charge >= 0.3 is 5.97 Å². The van der Waals surface area contributed by atoms with Gasteiger partial charge in [0.15, 0.2) is 17.6 Å². The smallest absolute Gasteiger partial charge is 0.311 e. The molecule has 0 aliphatic carbocycles. The molecule has 284 valence electrons. The lowest BCUT2D eigenvalue weighted by atomic mass is 9.78. The minimum Gasteiger partial charge on any atom is -0.550 e. The number of ether oxygens (including phenoxy) is 7. The standard InChI is InChI=1S/C37H38N4O13/c1-48-22-6-5-18-20-15-50-24-10-23-17(19(13-41-12-16-7-9-40-21(16)14-41)27(24)29(20)53-30(18)31(22)49-2)4-3-8-37(47)33(46)28(45)36(51-23)54-34(37)32(35(38)39)52-26(44)11-25(42)43/h5-7,9-10,12,20,28-29,32-36,45-47H,8,11,13-15,38-39H2,1-2H3,(H,42,43). The van der Waals surface area contributed by atoms with Crippen molar-refractivity contribution in [1.29, 1.82) is 0 Å². The maximum absolute atomic E-state index is 12.4. The fraction of sp³-hybridized carbons (Fsp3) is 0.432. The van der Waals surface area contributed by atoms with Gasteiger partial charge in [0.05, 0.1) is 56.4 Å². The monoisotopic (exact) mass is 746 g/mol. The Balaban J connectivity index is 1.24. The molecule has 8 N–H and O–H groups in total. The Morgan fingerprint density at radius 2 is 2.00 bits per heavy atom. The Morgan fingerprint density at radius 1 is 1.19 bits per heavy atom. The number of aliphatic carboxylic acids is 1. The second-order valence-electron chi connectivity index (χ2n) is 13.8. The molecule has 9 atom stereocenters. The number of fused-ring (bicyclic) bond motifs is 9. The summed E-state index contributed by atoms with van der Waals surface area (Å²) in [6.45, 7) is 1.19. The van der Waals surface area contributed by atoms with Crippen LogP contribution in [0.2, 0.25) is 0 Å². The number of carboxylic acids is 1. The van der Waals surface area contributed by atoms with Crippen molar-refractivity contribution in [1.82, 2.24) is 0 Å². The van der Waals surface area contributed by atoms with Crippen LogP contribution in [0.15, 0.2) is 47.2 Å². The Kier molecular flexibility index (Phi) is 9.01. The topological polar surface area (TPSA) is 251 Å². The van der Waals surface area contributed by atoms with E-state index in [1.807, 2.05) is 18.2 Å². The van der Waals surface area contributed by atoms with Crippen LogP contribution in [-0.4, -0.2) is 103 Å². The van der Waals surface area contributed by atoms with Gasteiger partial charge in [-0.25, -0.2) is 0 Å². The summed E-state index contributed by atoms with van der Waals surface area (Å²) in [7, 11) is 3.09. The molecule has 0 amide bonds. The number of hydrogen-bond donors (Lipinski definition) is 6. The van der Waals surface area contributed by atoms with Gasteiger partial charge in [-0.1, -0.05) is 17.9 Å². The zero-order chi connectivity index (χ0) is 38.1. The van der Waals surface area contributed by atoms with E-state index in [2.05, 4.69) is 23.0 Å². The average molecular weight is 747 g/mol. The molecule has 9 rings (SSSR count). The number of esters is 1. The van der Waals surface area contributed by atoms with Crippen LogP contribution in [0.3, 0.4) is 0 Å². The van der Waals surface area contributed by atoms with Crippen LogP contribution in [0, 0.1) is 11.8 Å². The third-order valence-electron chi connectivity index (χ3n) is 10.6. The first-order valence-corrected chi connectivity index (χ1v) is 17.3. The number of allylic oxidation sites excluding steroid dienone is 1. The summed E-state index contributed by atoms with van der Waals surface area (Å²) in [6, 6.07) is 5.35. The average Bonchev–Trinajstić information content (AvgIpc) is 3.84. The molecule has 0 spiro atoms. The Labute approximate surface area is 308 Å². The number of nitrogens with two attached hydrogens (primary N) is 2. The van der Waals surface area contributed by atoms with Gasteiger partial charge in [-0.3, -0.25) is 14.7 Å². The number of quaternary nitrogens is 1. The van der Waals surface area contributed by atoms with Crippen molar-refractivity contribution in [2.24, 2.45) is 16.5 Å². The summed E-state index contributed by atoms with van der Waals surface area (Å²) >= 11 is 0. The van der Waals surface area contributed by atoms with Gasteiger partial charge in [-0.05, 0) is 12.1 Å². The van der Waals surface area contributed by atoms with E-state index in [0.717, 1.165) is 27.3 Å². The van der Waals surface area contributed by atoms with Gasteiger partial charge in [0, 0.05) is 35.4 Å². The molecule has 1 fully saturated rings. The Morgan fingerprint density at radius 3 is 2.72 bits per heavy atom. The Hall–Kier alpha value is -5.19. The molecule has 9 unspecified atom stereocenters. The number of aliphatic hydroxyl groups is 3. The first-order chi connectivity index (χ1) is 25.9. The van der Waals surface area contributed by atoms with E-state index in [0.29, 0.717) is 47.2 Å². The normalized spacial score (nSPS) is 30.0. The molecular formula is C37H38N4O13. The molecular weight excluding hydrogens is 708 g/mol. The molecule has 2 aromatic rings. The lowest BCUT2D eigenvalue weighted by molar-refractivity contribution is -0.848. The molecule has 0 saturated carbocycles. The van der Waals surface area contributed by atoms with Crippen molar-refractivity contribution in [3.05, 3.63) is 64.5 Å². The maximum Gasteiger partial charge on any atom is 0.311 e. The van der Waals surface area contributed by atoms with E-state index in [1.54, 1.807) is 26.5 Å². The van der Waals surface area contributed by atoms with Gasteiger partial charge < -0.3 is 69.8 Å². The van der Waals surface area contributed by atoms with Crippen LogP contribution < -0.4 is 45.2 Å². The number of aliphatic hydroxyl groups excluding tert-OH is 2. The van der Waals surface area contributed by atoms with Crippen molar-refractivity contribution in [3.8, 4) is 40.6 Å². The molecule has 17 nitrogen and oxygen atoms in total. The van der Waals surface area contributed by atoms with Crippen molar-refractivity contribution < 1.29 is 68.1 Å². The number of carbonyl (C=O) groups excluding carboxylic acids is 2. The van der Waals surface area contributed by atoms with Gasteiger partial charge in [-0.15, -0.1) is 0 Å². The third-order valence-corrected chi connectivity index (χ3v) is 10.6. The van der Waals surface area contributed by atoms with Crippen molar-refractivity contribution in [3.63, 3.8) is 0 Å². The number of rotatable bonds is 9. The molecule has 7 heterocycles.